The van der Waals surface area contributed by atoms with E-state index in [0.29, 0.717) is 0 Å². The Kier molecular flexibility index (Phi) is 4.34. The molecule has 1 heterocycles. The van der Waals surface area contributed by atoms with Gasteiger partial charge in [0.2, 0.25) is 0 Å². The van der Waals surface area contributed by atoms with Crippen molar-refractivity contribution in [3.8, 4) is 0 Å². The van der Waals surface area contributed by atoms with Crippen molar-refractivity contribution >= 4 is 11.6 Å². The fourth-order valence-electron chi connectivity index (χ4n) is 2.00. The Hall–Kier alpha value is -1.38. The molecule has 18 heavy (non-hydrogen) atoms. The zero-order valence-electron chi connectivity index (χ0n) is 10.7. The van der Waals surface area contributed by atoms with Gasteiger partial charge >= 0.3 is 0 Å². The minimum absolute atomic E-state index is 0.185. The Morgan fingerprint density at radius 3 is 2.61 bits per heavy atom. The van der Waals surface area contributed by atoms with E-state index in [1.54, 1.807) is 0 Å². The van der Waals surface area contributed by atoms with Gasteiger partial charge in [0.15, 0.2) is 0 Å². The average molecular weight is 261 g/mol. The molecule has 0 spiro atoms. The molecular weight excluding hydrogens is 244 g/mol. The normalized spacial score (nSPS) is 12.4. The average Bonchev–Trinajstić information content (AvgIpc) is 2.38. The zero-order valence-corrected chi connectivity index (χ0v) is 11.4. The molecule has 0 saturated heterocycles. The van der Waals surface area contributed by atoms with Crippen LogP contribution >= 0.6 is 11.6 Å². The lowest BCUT2D eigenvalue weighted by Crippen LogP contribution is -2.20. The van der Waals surface area contributed by atoms with Gasteiger partial charge in [0.1, 0.15) is 0 Å². The van der Waals surface area contributed by atoms with Crippen LogP contribution in [0.25, 0.3) is 0 Å². The third-order valence-electron chi connectivity index (χ3n) is 3.00. The predicted octanol–water partition coefficient (Wildman–Crippen LogP) is 3.55. The van der Waals surface area contributed by atoms with Crippen molar-refractivity contribution < 1.29 is 0 Å². The molecule has 1 atom stereocenters. The molecule has 0 saturated carbocycles. The number of nitrogens with zero attached hydrogens (tertiary/aromatic N) is 1. The molecule has 0 aliphatic rings. The molecule has 0 bridgehead atoms. The fraction of sp³-hybridized carbons (Fsp3) is 0.267. The van der Waals surface area contributed by atoms with Gasteiger partial charge in [0.25, 0.3) is 0 Å². The van der Waals surface area contributed by atoms with Crippen LogP contribution in [-0.4, -0.2) is 12.0 Å². The highest BCUT2D eigenvalue weighted by Crippen LogP contribution is 2.22. The second-order valence-electron chi connectivity index (χ2n) is 4.34. The van der Waals surface area contributed by atoms with Crippen LogP contribution in [0.15, 0.2) is 42.5 Å². The van der Waals surface area contributed by atoms with Crippen LogP contribution in [0.5, 0.6) is 0 Å². The molecule has 2 rings (SSSR count). The van der Waals surface area contributed by atoms with Gasteiger partial charge < -0.3 is 5.32 Å². The first-order valence-corrected chi connectivity index (χ1v) is 6.42. The SMILES string of the molecule is CNC(Cc1ccccc1Cl)c1cccc(C)n1. The largest absolute Gasteiger partial charge is 0.311 e. The molecule has 0 radical (unpaired) electrons. The Bertz CT molecular complexity index is 525. The van der Waals surface area contributed by atoms with E-state index in [1.807, 2.05) is 50.4 Å². The van der Waals surface area contributed by atoms with E-state index in [1.165, 1.54) is 0 Å². The van der Waals surface area contributed by atoms with Crippen molar-refractivity contribution in [3.05, 3.63) is 64.4 Å². The third kappa shape index (κ3) is 3.09. The van der Waals surface area contributed by atoms with Crippen molar-refractivity contribution in [1.29, 1.82) is 0 Å². The number of aryl methyl sites for hydroxylation is 1. The van der Waals surface area contributed by atoms with Gasteiger partial charge in [-0.05, 0) is 44.2 Å². The van der Waals surface area contributed by atoms with E-state index in [9.17, 15) is 0 Å². The van der Waals surface area contributed by atoms with E-state index in [-0.39, 0.29) is 6.04 Å². The number of hydrogen-bond donors (Lipinski definition) is 1. The summed E-state index contributed by atoms with van der Waals surface area (Å²) < 4.78 is 0. The molecule has 2 aromatic rings. The lowest BCUT2D eigenvalue weighted by atomic mass is 10.0. The van der Waals surface area contributed by atoms with E-state index in [4.69, 9.17) is 11.6 Å². The minimum Gasteiger partial charge on any atom is -0.311 e. The van der Waals surface area contributed by atoms with Crippen molar-refractivity contribution in [2.45, 2.75) is 19.4 Å². The molecule has 94 valence electrons. The van der Waals surface area contributed by atoms with Gasteiger partial charge in [-0.3, -0.25) is 4.98 Å². The molecule has 3 heteroatoms. The van der Waals surface area contributed by atoms with Crippen LogP contribution in [-0.2, 0) is 6.42 Å². The number of rotatable bonds is 4. The van der Waals surface area contributed by atoms with Crippen LogP contribution in [0.3, 0.4) is 0 Å². The Morgan fingerprint density at radius 2 is 1.94 bits per heavy atom. The summed E-state index contributed by atoms with van der Waals surface area (Å²) in [6.07, 6.45) is 0.840. The van der Waals surface area contributed by atoms with Crippen LogP contribution in [0, 0.1) is 6.92 Å². The van der Waals surface area contributed by atoms with E-state index >= 15 is 0 Å². The molecular formula is C15H17ClN2. The maximum absolute atomic E-state index is 6.20. The van der Waals surface area contributed by atoms with Crippen LogP contribution in [0.1, 0.15) is 23.0 Å². The molecule has 1 aromatic heterocycles. The number of nitrogens with one attached hydrogen (secondary N) is 1. The van der Waals surface area contributed by atoms with E-state index in [0.717, 1.165) is 28.4 Å². The Balaban J connectivity index is 2.23. The first-order chi connectivity index (χ1) is 8.70. The standard InChI is InChI=1S/C15H17ClN2/c1-11-6-5-9-14(18-11)15(17-2)10-12-7-3-4-8-13(12)16/h3-9,15,17H,10H2,1-2H3. The quantitative estimate of drug-likeness (QED) is 0.910. The number of benzene rings is 1. The topological polar surface area (TPSA) is 24.9 Å². The minimum atomic E-state index is 0.185. The van der Waals surface area contributed by atoms with Gasteiger partial charge in [-0.1, -0.05) is 35.9 Å². The van der Waals surface area contributed by atoms with Crippen molar-refractivity contribution in [3.63, 3.8) is 0 Å². The summed E-state index contributed by atoms with van der Waals surface area (Å²) >= 11 is 6.20. The first-order valence-electron chi connectivity index (χ1n) is 6.05. The molecule has 0 aliphatic heterocycles. The van der Waals surface area contributed by atoms with Gasteiger partial charge in [-0.2, -0.15) is 0 Å². The van der Waals surface area contributed by atoms with Crippen molar-refractivity contribution in [1.82, 2.24) is 10.3 Å². The van der Waals surface area contributed by atoms with E-state index in [2.05, 4.69) is 16.4 Å². The van der Waals surface area contributed by atoms with Crippen molar-refractivity contribution in [2.75, 3.05) is 7.05 Å². The summed E-state index contributed by atoms with van der Waals surface area (Å²) in [6.45, 7) is 2.01. The molecule has 1 N–H and O–H groups in total. The lowest BCUT2D eigenvalue weighted by Gasteiger charge is -2.17. The second kappa shape index (κ2) is 5.98. The Morgan fingerprint density at radius 1 is 1.17 bits per heavy atom. The van der Waals surface area contributed by atoms with Gasteiger partial charge in [-0.15, -0.1) is 0 Å². The summed E-state index contributed by atoms with van der Waals surface area (Å²) in [6, 6.07) is 14.2. The van der Waals surface area contributed by atoms with E-state index < -0.39 is 0 Å². The third-order valence-corrected chi connectivity index (χ3v) is 3.37. The highest BCUT2D eigenvalue weighted by atomic mass is 35.5. The highest BCUT2D eigenvalue weighted by molar-refractivity contribution is 6.31. The van der Waals surface area contributed by atoms with Gasteiger partial charge in [0, 0.05) is 10.7 Å². The number of hydrogen-bond acceptors (Lipinski definition) is 2. The summed E-state index contributed by atoms with van der Waals surface area (Å²) in [5, 5.41) is 4.11. The summed E-state index contributed by atoms with van der Waals surface area (Å²) in [5.41, 5.74) is 3.23. The van der Waals surface area contributed by atoms with Gasteiger partial charge in [0.05, 0.1) is 11.7 Å². The predicted molar refractivity (Wildman–Crippen MR) is 75.9 cm³/mol. The Labute approximate surface area is 113 Å². The summed E-state index contributed by atoms with van der Waals surface area (Å²) in [5.74, 6) is 0. The number of likely N-dealkylation sites (N-methyl/N-ethyl adjacent to an activating group) is 1. The van der Waals surface area contributed by atoms with Crippen LogP contribution in [0.2, 0.25) is 5.02 Å². The molecule has 1 aromatic carbocycles. The maximum atomic E-state index is 6.20. The molecule has 0 fully saturated rings. The lowest BCUT2D eigenvalue weighted by molar-refractivity contribution is 0.574. The zero-order chi connectivity index (χ0) is 13.0. The molecule has 2 nitrogen and oxygen atoms in total. The first kappa shape index (κ1) is 13.1. The number of pyridine rings is 1. The highest BCUT2D eigenvalue weighted by Gasteiger charge is 2.13. The smallest absolute Gasteiger partial charge is 0.0579 e. The van der Waals surface area contributed by atoms with Crippen LogP contribution < -0.4 is 5.32 Å². The maximum Gasteiger partial charge on any atom is 0.0579 e. The van der Waals surface area contributed by atoms with Crippen LogP contribution in [0.4, 0.5) is 0 Å². The molecule has 0 aliphatic carbocycles. The molecule has 0 amide bonds. The number of halogens is 1. The fourth-order valence-corrected chi connectivity index (χ4v) is 2.21. The summed E-state index contributed by atoms with van der Waals surface area (Å²) in [7, 11) is 1.95. The van der Waals surface area contributed by atoms with Gasteiger partial charge in [-0.25, -0.2) is 0 Å². The summed E-state index contributed by atoms with van der Waals surface area (Å²) in [4.78, 5) is 4.56. The monoisotopic (exact) mass is 260 g/mol. The second-order valence-corrected chi connectivity index (χ2v) is 4.75. The number of aromatic nitrogens is 1. The molecule has 1 unspecified atom stereocenters. The van der Waals surface area contributed by atoms with Crippen molar-refractivity contribution in [2.24, 2.45) is 0 Å².